The van der Waals surface area contributed by atoms with Gasteiger partial charge >= 0.3 is 12.1 Å². The van der Waals surface area contributed by atoms with Crippen LogP contribution in [0.25, 0.3) is 32.9 Å². The molecule has 0 aliphatic heterocycles. The molecule has 0 unspecified atom stereocenters. The Morgan fingerprint density at radius 2 is 2.03 bits per heavy atom. The van der Waals surface area contributed by atoms with E-state index in [9.17, 15) is 18.0 Å². The first-order valence-corrected chi connectivity index (χ1v) is 10.3. The fourth-order valence-electron chi connectivity index (χ4n) is 4.22. The van der Waals surface area contributed by atoms with Crippen molar-refractivity contribution in [1.82, 2.24) is 15.0 Å². The van der Waals surface area contributed by atoms with E-state index in [1.54, 1.807) is 12.4 Å². The fourth-order valence-corrected chi connectivity index (χ4v) is 4.22. The number of nitrogens with one attached hydrogen (secondary N) is 3. The number of H-pyrrole nitrogens is 2. The Labute approximate surface area is 185 Å². The van der Waals surface area contributed by atoms with Crippen LogP contribution in [0.1, 0.15) is 28.8 Å². The number of alkyl halides is 3. The topological polar surface area (TPSA) is 137 Å². The predicted molar refractivity (Wildman–Crippen MR) is 117 cm³/mol. The SMILES string of the molecule is Cc1cc2c(cc1-c1cnc(N)[nH+]c1)[nH]c1c(C(N)=O)cnc(N[C@H](C3CC3)C(F)(F)F)c12. The average Bonchev–Trinajstić information content (AvgIpc) is 3.51. The number of primary amides is 1. The Bertz CT molecular complexity index is 1390. The molecule has 0 radical (unpaired) electrons. The summed E-state index contributed by atoms with van der Waals surface area (Å²) in [6, 6.07) is 1.98. The first kappa shape index (κ1) is 21.0. The van der Waals surface area contributed by atoms with Gasteiger partial charge in [-0.1, -0.05) is 4.98 Å². The highest BCUT2D eigenvalue weighted by molar-refractivity contribution is 6.18. The van der Waals surface area contributed by atoms with Gasteiger partial charge in [0.1, 0.15) is 18.1 Å². The first-order chi connectivity index (χ1) is 15.6. The molecule has 1 aliphatic rings. The molecule has 3 heterocycles. The molecule has 1 amide bonds. The zero-order valence-corrected chi connectivity index (χ0v) is 17.5. The lowest BCUT2D eigenvalue weighted by Gasteiger charge is -2.22. The summed E-state index contributed by atoms with van der Waals surface area (Å²) in [4.78, 5) is 26.3. The molecule has 5 rings (SSSR count). The van der Waals surface area contributed by atoms with Gasteiger partial charge in [0.15, 0.2) is 0 Å². The summed E-state index contributed by atoms with van der Waals surface area (Å²) in [5, 5.41) is 3.63. The summed E-state index contributed by atoms with van der Waals surface area (Å²) < 4.78 is 41.1. The molecular weight excluding hydrogens is 435 g/mol. The lowest BCUT2D eigenvalue weighted by Crippen LogP contribution is -2.38. The number of amides is 1. The maximum Gasteiger partial charge on any atom is 0.408 e. The van der Waals surface area contributed by atoms with Crippen LogP contribution in [0, 0.1) is 12.8 Å². The van der Waals surface area contributed by atoms with Gasteiger partial charge in [-0.2, -0.15) is 13.2 Å². The van der Waals surface area contributed by atoms with Gasteiger partial charge in [0.25, 0.3) is 5.91 Å². The Morgan fingerprint density at radius 3 is 2.64 bits per heavy atom. The van der Waals surface area contributed by atoms with Gasteiger partial charge in [0, 0.05) is 22.7 Å². The molecule has 0 spiro atoms. The van der Waals surface area contributed by atoms with Crippen molar-refractivity contribution in [2.45, 2.75) is 32.0 Å². The molecule has 11 heteroatoms. The summed E-state index contributed by atoms with van der Waals surface area (Å²) in [6.07, 6.45) is 1.12. The van der Waals surface area contributed by atoms with Gasteiger partial charge in [-0.15, -0.1) is 0 Å². The molecule has 1 atom stereocenters. The van der Waals surface area contributed by atoms with Crippen molar-refractivity contribution in [2.24, 2.45) is 11.7 Å². The minimum Gasteiger partial charge on any atom is -0.365 e. The van der Waals surface area contributed by atoms with Crippen molar-refractivity contribution in [3.63, 3.8) is 0 Å². The van der Waals surface area contributed by atoms with Gasteiger partial charge in [-0.05, 0) is 48.9 Å². The molecule has 8 nitrogen and oxygen atoms in total. The van der Waals surface area contributed by atoms with E-state index in [4.69, 9.17) is 11.5 Å². The van der Waals surface area contributed by atoms with E-state index in [1.807, 2.05) is 19.1 Å². The van der Waals surface area contributed by atoms with Gasteiger partial charge in [0.2, 0.25) is 0 Å². The zero-order valence-electron chi connectivity index (χ0n) is 17.5. The van der Waals surface area contributed by atoms with Crippen LogP contribution in [0.4, 0.5) is 24.9 Å². The maximum atomic E-state index is 13.7. The Morgan fingerprint density at radius 1 is 1.27 bits per heavy atom. The molecule has 1 saturated carbocycles. The summed E-state index contributed by atoms with van der Waals surface area (Å²) in [7, 11) is 0. The van der Waals surface area contributed by atoms with Gasteiger partial charge in [-0.25, -0.2) is 9.97 Å². The van der Waals surface area contributed by atoms with Crippen LogP contribution in [0.15, 0.2) is 30.7 Å². The van der Waals surface area contributed by atoms with Crippen LogP contribution in [-0.2, 0) is 0 Å². The Balaban J connectivity index is 1.72. The molecule has 1 fully saturated rings. The number of anilines is 2. The van der Waals surface area contributed by atoms with E-state index in [1.165, 1.54) is 6.20 Å². The van der Waals surface area contributed by atoms with Crippen LogP contribution >= 0.6 is 0 Å². The second-order valence-electron chi connectivity index (χ2n) is 8.36. The Hall–Kier alpha value is -3.89. The van der Waals surface area contributed by atoms with Crippen molar-refractivity contribution < 1.29 is 22.9 Å². The van der Waals surface area contributed by atoms with Crippen molar-refractivity contribution in [1.29, 1.82) is 0 Å². The summed E-state index contributed by atoms with van der Waals surface area (Å²) in [5.41, 5.74) is 14.7. The molecule has 0 saturated heterocycles. The van der Waals surface area contributed by atoms with E-state index in [0.717, 1.165) is 16.7 Å². The number of pyridine rings is 1. The van der Waals surface area contributed by atoms with Gasteiger partial charge in [-0.3, -0.25) is 10.5 Å². The monoisotopic (exact) mass is 456 g/mol. The minimum atomic E-state index is -4.43. The lowest BCUT2D eigenvalue weighted by molar-refractivity contribution is -0.363. The number of benzene rings is 1. The third kappa shape index (κ3) is 3.69. The number of halogens is 3. The van der Waals surface area contributed by atoms with Crippen LogP contribution in [0.5, 0.6) is 0 Å². The molecule has 1 aliphatic carbocycles. The first-order valence-electron chi connectivity index (χ1n) is 10.3. The van der Waals surface area contributed by atoms with E-state index < -0.39 is 24.0 Å². The standard InChI is InChI=1S/C22H20F3N7O/c1-9-4-13-15(5-12(9)11-6-29-21(27)30-7-11)31-17-14(19(26)33)8-28-20(16(13)17)32-18(10-2-3-10)22(23,24)25/h4-8,10,18,31H,2-3H2,1H3,(H2,26,33)(H,28,32)(H2,27,29,30)/p+1/t18-/m1/s1. The van der Waals surface area contributed by atoms with E-state index in [2.05, 4.69) is 25.3 Å². The quantitative estimate of drug-likeness (QED) is 0.365. The van der Waals surface area contributed by atoms with Crippen LogP contribution in [-0.4, -0.2) is 33.1 Å². The summed E-state index contributed by atoms with van der Waals surface area (Å²) in [6.45, 7) is 1.88. The number of carbonyl (C=O) groups excluding carboxylic acids is 1. The highest BCUT2D eigenvalue weighted by Crippen LogP contribution is 2.43. The third-order valence-corrected chi connectivity index (χ3v) is 6.01. The molecule has 0 bridgehead atoms. The maximum absolute atomic E-state index is 13.7. The molecular formula is C22H21F3N7O+. The highest BCUT2D eigenvalue weighted by atomic mass is 19.4. The van der Waals surface area contributed by atoms with E-state index in [-0.39, 0.29) is 17.3 Å². The van der Waals surface area contributed by atoms with Crippen molar-refractivity contribution in [2.75, 3.05) is 11.1 Å². The van der Waals surface area contributed by atoms with Crippen molar-refractivity contribution in [3.05, 3.63) is 41.9 Å². The van der Waals surface area contributed by atoms with Crippen LogP contribution in [0.2, 0.25) is 0 Å². The zero-order chi connectivity index (χ0) is 23.5. The Kier molecular flexibility index (Phi) is 4.66. The van der Waals surface area contributed by atoms with Crippen molar-refractivity contribution in [3.8, 4) is 11.1 Å². The molecule has 170 valence electrons. The average molecular weight is 456 g/mol. The number of hydrogen-bond acceptors (Lipinski definition) is 5. The van der Waals surface area contributed by atoms with E-state index in [0.29, 0.717) is 34.6 Å². The number of rotatable bonds is 5. The predicted octanol–water partition coefficient (Wildman–Crippen LogP) is 3.33. The number of hydrogen-bond donors (Lipinski definition) is 4. The second kappa shape index (κ2) is 7.32. The van der Waals surface area contributed by atoms with E-state index >= 15 is 0 Å². The molecule has 3 aromatic heterocycles. The fraction of sp³-hybridized carbons (Fsp3) is 0.273. The molecule has 1 aromatic carbocycles. The number of aromatic nitrogens is 4. The highest BCUT2D eigenvalue weighted by Gasteiger charge is 2.49. The smallest absolute Gasteiger partial charge is 0.365 e. The number of aryl methyl sites for hydroxylation is 1. The molecule has 4 aromatic rings. The number of carbonyl (C=O) groups is 1. The van der Waals surface area contributed by atoms with Crippen LogP contribution < -0.4 is 21.8 Å². The number of fused-ring (bicyclic) bond motifs is 3. The second-order valence-corrected chi connectivity index (χ2v) is 8.36. The molecule has 7 N–H and O–H groups in total. The minimum absolute atomic E-state index is 0.0603. The van der Waals surface area contributed by atoms with Crippen molar-refractivity contribution >= 4 is 39.5 Å². The normalized spacial score (nSPS) is 15.2. The van der Waals surface area contributed by atoms with Crippen LogP contribution in [0.3, 0.4) is 0 Å². The number of nitrogens with zero attached hydrogens (tertiary/aromatic N) is 2. The number of nitrogens with two attached hydrogens (primary N) is 2. The molecule has 33 heavy (non-hydrogen) atoms. The largest absolute Gasteiger partial charge is 0.408 e. The third-order valence-electron chi connectivity index (χ3n) is 6.01. The number of aromatic amines is 2. The van der Waals surface area contributed by atoms with Gasteiger partial charge < -0.3 is 16.0 Å². The summed E-state index contributed by atoms with van der Waals surface area (Å²) >= 11 is 0. The summed E-state index contributed by atoms with van der Waals surface area (Å²) in [5.74, 6) is -0.893. The lowest BCUT2D eigenvalue weighted by atomic mass is 10.00. The number of nitrogen functional groups attached to an aromatic ring is 1. The van der Waals surface area contributed by atoms with Gasteiger partial charge in [0.05, 0.1) is 22.7 Å².